The van der Waals surface area contributed by atoms with Crippen molar-refractivity contribution in [2.75, 3.05) is 0 Å². The summed E-state index contributed by atoms with van der Waals surface area (Å²) in [4.78, 5) is 15.2. The molecule has 0 aliphatic heterocycles. The lowest BCUT2D eigenvalue weighted by Crippen LogP contribution is -2.10. The Hall–Kier alpha value is -2.09. The summed E-state index contributed by atoms with van der Waals surface area (Å²) in [5, 5.41) is 1.87. The first kappa shape index (κ1) is 15.3. The number of H-pyrrole nitrogens is 1. The first-order chi connectivity index (χ1) is 10.2. The minimum atomic E-state index is 0.00597. The minimum absolute atomic E-state index is 0.00597. The van der Waals surface area contributed by atoms with Crippen LogP contribution >= 0.6 is 0 Å². The van der Waals surface area contributed by atoms with E-state index in [1.807, 2.05) is 38.1 Å². The molecule has 0 bridgehead atoms. The molecule has 0 atom stereocenters. The molecule has 1 heterocycles. The summed E-state index contributed by atoms with van der Waals surface area (Å²) < 4.78 is 0. The van der Waals surface area contributed by atoms with Gasteiger partial charge in [-0.2, -0.15) is 0 Å². The molecule has 0 saturated heterocycles. The Morgan fingerprint density at radius 2 is 1.86 bits per heavy atom. The number of hydrogen-bond acceptors (Lipinski definition) is 1. The van der Waals surface area contributed by atoms with Gasteiger partial charge in [-0.15, -0.1) is 0 Å². The fraction of sp³-hybridized carbons (Fsp3) is 0.316. The average Bonchev–Trinajstić information content (AvgIpc) is 2.83. The molecule has 2 nitrogen and oxygen atoms in total. The number of allylic oxidation sites excluding steroid dienone is 4. The third-order valence-corrected chi connectivity index (χ3v) is 3.73. The second kappa shape index (κ2) is 6.57. The highest BCUT2D eigenvalue weighted by molar-refractivity contribution is 5.93. The first-order valence-corrected chi connectivity index (χ1v) is 7.73. The Morgan fingerprint density at radius 1 is 1.19 bits per heavy atom. The van der Waals surface area contributed by atoms with Crippen molar-refractivity contribution in [3.63, 3.8) is 0 Å². The van der Waals surface area contributed by atoms with Crippen molar-refractivity contribution in [1.82, 2.24) is 4.98 Å². The Kier molecular flexibility index (Phi) is 4.79. The van der Waals surface area contributed by atoms with Gasteiger partial charge in [-0.3, -0.25) is 4.79 Å². The summed E-state index contributed by atoms with van der Waals surface area (Å²) in [5.41, 5.74) is 4.77. The topological polar surface area (TPSA) is 32.9 Å². The van der Waals surface area contributed by atoms with Crippen molar-refractivity contribution in [3.05, 3.63) is 63.6 Å². The van der Waals surface area contributed by atoms with Crippen LogP contribution in [0, 0.1) is 0 Å². The highest BCUT2D eigenvalue weighted by Crippen LogP contribution is 2.35. The number of rotatable bonds is 2. The van der Waals surface area contributed by atoms with E-state index in [9.17, 15) is 4.79 Å². The van der Waals surface area contributed by atoms with Gasteiger partial charge in [0.05, 0.1) is 5.69 Å². The number of nitrogens with one attached hydrogen (secondary N) is 1. The Bertz CT molecular complexity index is 763. The summed E-state index contributed by atoms with van der Waals surface area (Å²) >= 11 is 0. The molecule has 1 aliphatic rings. The molecule has 110 valence electrons. The van der Waals surface area contributed by atoms with Crippen molar-refractivity contribution in [2.24, 2.45) is 0 Å². The monoisotopic (exact) mass is 281 g/mol. The molecular formula is C19H23NO. The highest BCUT2D eigenvalue weighted by Gasteiger charge is 2.21. The lowest BCUT2D eigenvalue weighted by atomic mass is 10.0. The predicted molar refractivity (Wildman–Crippen MR) is 91.6 cm³/mol. The van der Waals surface area contributed by atoms with Gasteiger partial charge in [0.2, 0.25) is 0 Å². The van der Waals surface area contributed by atoms with Gasteiger partial charge in [-0.25, -0.2) is 0 Å². The number of pyridine rings is 1. The molecule has 3 rings (SSSR count). The number of fused-ring (bicyclic) bond motifs is 3. The first-order valence-electron chi connectivity index (χ1n) is 7.73. The maximum absolute atomic E-state index is 12.2. The zero-order valence-electron chi connectivity index (χ0n) is 13.3. The summed E-state index contributed by atoms with van der Waals surface area (Å²) in [6.45, 7) is 8.26. The van der Waals surface area contributed by atoms with Crippen LogP contribution in [0.25, 0.3) is 16.3 Å². The average molecular weight is 281 g/mol. The highest BCUT2D eigenvalue weighted by atomic mass is 16.1. The fourth-order valence-electron chi connectivity index (χ4n) is 2.78. The predicted octanol–water partition coefficient (Wildman–Crippen LogP) is 4.85. The van der Waals surface area contributed by atoms with E-state index in [1.54, 1.807) is 0 Å². The molecule has 0 fully saturated rings. The number of hydrogen-bond donors (Lipinski definition) is 1. The van der Waals surface area contributed by atoms with Gasteiger partial charge >= 0.3 is 0 Å². The van der Waals surface area contributed by atoms with E-state index in [-0.39, 0.29) is 5.56 Å². The van der Waals surface area contributed by atoms with Crippen molar-refractivity contribution in [3.8, 4) is 0 Å². The Labute approximate surface area is 126 Å². The van der Waals surface area contributed by atoms with E-state index in [2.05, 4.69) is 31.0 Å². The van der Waals surface area contributed by atoms with Crippen LogP contribution < -0.4 is 5.56 Å². The van der Waals surface area contributed by atoms with Crippen LogP contribution in [0.3, 0.4) is 0 Å². The van der Waals surface area contributed by atoms with E-state index < -0.39 is 0 Å². The van der Waals surface area contributed by atoms with E-state index >= 15 is 0 Å². The summed E-state index contributed by atoms with van der Waals surface area (Å²) in [6, 6.07) is 7.85. The Morgan fingerprint density at radius 3 is 2.52 bits per heavy atom. The van der Waals surface area contributed by atoms with Gasteiger partial charge in [-0.1, -0.05) is 56.7 Å². The van der Waals surface area contributed by atoms with Crippen LogP contribution in [-0.2, 0) is 6.42 Å². The fourth-order valence-corrected chi connectivity index (χ4v) is 2.78. The number of aromatic amines is 1. The van der Waals surface area contributed by atoms with Crippen LogP contribution in [-0.4, -0.2) is 4.98 Å². The summed E-state index contributed by atoms with van der Waals surface area (Å²) in [6.07, 6.45) is 6.20. The molecule has 2 heteroatoms. The van der Waals surface area contributed by atoms with Crippen molar-refractivity contribution >= 4 is 16.3 Å². The van der Waals surface area contributed by atoms with Gasteiger partial charge in [-0.05, 0) is 42.4 Å². The van der Waals surface area contributed by atoms with Gasteiger partial charge in [0.15, 0.2) is 0 Å². The van der Waals surface area contributed by atoms with Crippen LogP contribution in [0.1, 0.15) is 45.4 Å². The molecule has 1 N–H and O–H groups in total. The lowest BCUT2D eigenvalue weighted by molar-refractivity contribution is 1.16. The number of benzene rings is 1. The van der Waals surface area contributed by atoms with E-state index in [1.165, 1.54) is 16.7 Å². The molecular weight excluding hydrogens is 258 g/mol. The molecule has 1 aliphatic carbocycles. The quantitative estimate of drug-likeness (QED) is 0.838. The largest absolute Gasteiger partial charge is 0.321 e. The van der Waals surface area contributed by atoms with Crippen molar-refractivity contribution < 1.29 is 0 Å². The second-order valence-electron chi connectivity index (χ2n) is 5.03. The molecule has 21 heavy (non-hydrogen) atoms. The van der Waals surface area contributed by atoms with Gasteiger partial charge in [0, 0.05) is 5.39 Å². The molecule has 0 spiro atoms. The molecule has 0 saturated carbocycles. The van der Waals surface area contributed by atoms with Crippen LogP contribution in [0.5, 0.6) is 0 Å². The summed E-state index contributed by atoms with van der Waals surface area (Å²) in [7, 11) is 0. The molecule has 0 amide bonds. The van der Waals surface area contributed by atoms with Gasteiger partial charge in [0.25, 0.3) is 5.56 Å². The standard InChI is InChI=1S/C17H17NO.C2H6/c1-3-4-7-12-11(2)10-15-13-8-5-6-9-14(13)17(19)18-16(12)15;1-2/h4-9H,3,10H2,1-2H3,(H,18,19);1-2H3/b7-4-;. The van der Waals surface area contributed by atoms with Gasteiger partial charge in [0.1, 0.15) is 0 Å². The summed E-state index contributed by atoms with van der Waals surface area (Å²) in [5.74, 6) is 0. The SMILES string of the molecule is CC.CC/C=C\C1=C(C)Cc2c1[nH]c(=O)c1ccccc21. The zero-order chi connectivity index (χ0) is 15.4. The molecule has 1 aromatic carbocycles. The van der Waals surface area contributed by atoms with Crippen LogP contribution in [0.4, 0.5) is 0 Å². The van der Waals surface area contributed by atoms with Crippen molar-refractivity contribution in [2.45, 2.75) is 40.5 Å². The Balaban J connectivity index is 0.000000774. The lowest BCUT2D eigenvalue weighted by Gasteiger charge is -2.06. The van der Waals surface area contributed by atoms with Gasteiger partial charge < -0.3 is 4.98 Å². The zero-order valence-corrected chi connectivity index (χ0v) is 13.3. The third kappa shape index (κ3) is 2.71. The van der Waals surface area contributed by atoms with Crippen LogP contribution in [0.15, 0.2) is 46.8 Å². The normalized spacial score (nSPS) is 13.5. The van der Waals surface area contributed by atoms with Crippen LogP contribution in [0.2, 0.25) is 0 Å². The third-order valence-electron chi connectivity index (χ3n) is 3.73. The maximum atomic E-state index is 12.2. The number of aromatic nitrogens is 1. The molecule has 0 radical (unpaired) electrons. The molecule has 1 aromatic heterocycles. The minimum Gasteiger partial charge on any atom is -0.321 e. The van der Waals surface area contributed by atoms with E-state index in [0.29, 0.717) is 0 Å². The second-order valence-corrected chi connectivity index (χ2v) is 5.03. The van der Waals surface area contributed by atoms with E-state index in [0.717, 1.165) is 29.3 Å². The van der Waals surface area contributed by atoms with E-state index in [4.69, 9.17) is 0 Å². The smallest absolute Gasteiger partial charge is 0.256 e. The van der Waals surface area contributed by atoms with Crippen molar-refractivity contribution in [1.29, 1.82) is 0 Å². The molecule has 0 unspecified atom stereocenters. The molecule has 2 aromatic rings. The maximum Gasteiger partial charge on any atom is 0.256 e.